The van der Waals surface area contributed by atoms with Crippen LogP contribution in [-0.2, 0) is 4.79 Å². The Morgan fingerprint density at radius 3 is 2.55 bits per heavy atom. The first-order valence-corrected chi connectivity index (χ1v) is 8.72. The molecule has 0 saturated carbocycles. The molecule has 0 saturated heterocycles. The minimum absolute atomic E-state index is 0.0237. The van der Waals surface area contributed by atoms with Gasteiger partial charge >= 0.3 is 0 Å². The number of anilines is 1. The lowest BCUT2D eigenvalue weighted by Gasteiger charge is -2.15. The number of carbonyl (C=O) groups excluding carboxylic acids is 1. The third-order valence-corrected chi connectivity index (χ3v) is 4.51. The fourth-order valence-corrected chi connectivity index (χ4v) is 2.90. The summed E-state index contributed by atoms with van der Waals surface area (Å²) in [7, 11) is 0. The van der Waals surface area contributed by atoms with Crippen molar-refractivity contribution in [2.24, 2.45) is 0 Å². The predicted molar refractivity (Wildman–Crippen MR) is 103 cm³/mol. The van der Waals surface area contributed by atoms with Gasteiger partial charge in [0.2, 0.25) is 5.91 Å². The van der Waals surface area contributed by atoms with Gasteiger partial charge in [-0.25, -0.2) is 18.4 Å². The molecule has 0 radical (unpaired) electrons. The number of hydrogen-bond acceptors (Lipinski definition) is 4. The van der Waals surface area contributed by atoms with E-state index in [1.807, 2.05) is 0 Å². The molecule has 1 amide bonds. The SMILES string of the molecule is C[C@@H](C(=O)Nc1ccccc1F)n1cnc2c(cnn2-c2ccc(F)cc2)c1=O. The van der Waals surface area contributed by atoms with Crippen LogP contribution >= 0.6 is 0 Å². The molecule has 0 unspecified atom stereocenters. The average Bonchev–Trinajstić information content (AvgIpc) is 3.15. The van der Waals surface area contributed by atoms with Crippen molar-refractivity contribution in [1.82, 2.24) is 19.3 Å². The summed E-state index contributed by atoms with van der Waals surface area (Å²) in [5, 5.41) is 6.81. The molecule has 2 aromatic carbocycles. The van der Waals surface area contributed by atoms with Gasteiger partial charge in [0.1, 0.15) is 29.4 Å². The molecule has 0 aliphatic heterocycles. The Bertz CT molecular complexity index is 1260. The molecule has 29 heavy (non-hydrogen) atoms. The van der Waals surface area contributed by atoms with Gasteiger partial charge in [0.15, 0.2) is 5.65 Å². The Labute approximate surface area is 163 Å². The molecule has 1 N–H and O–H groups in total. The Morgan fingerprint density at radius 1 is 1.10 bits per heavy atom. The van der Waals surface area contributed by atoms with Crippen LogP contribution in [0.4, 0.5) is 14.5 Å². The van der Waals surface area contributed by atoms with Crippen LogP contribution in [0.1, 0.15) is 13.0 Å². The van der Waals surface area contributed by atoms with Gasteiger partial charge in [-0.1, -0.05) is 12.1 Å². The van der Waals surface area contributed by atoms with E-state index in [2.05, 4.69) is 15.4 Å². The summed E-state index contributed by atoms with van der Waals surface area (Å²) in [6.45, 7) is 1.51. The number of aromatic nitrogens is 4. The molecule has 146 valence electrons. The van der Waals surface area contributed by atoms with Crippen molar-refractivity contribution in [2.45, 2.75) is 13.0 Å². The molecular weight excluding hydrogens is 380 g/mol. The number of rotatable bonds is 4. The van der Waals surface area contributed by atoms with Crippen molar-refractivity contribution < 1.29 is 13.6 Å². The van der Waals surface area contributed by atoms with Gasteiger partial charge in [-0.3, -0.25) is 14.2 Å². The predicted octanol–water partition coefficient (Wildman–Crippen LogP) is 3.06. The van der Waals surface area contributed by atoms with Gasteiger partial charge in [-0.05, 0) is 43.3 Å². The first-order chi connectivity index (χ1) is 14.0. The van der Waals surface area contributed by atoms with E-state index in [1.165, 1.54) is 66.6 Å². The molecule has 0 aliphatic carbocycles. The fourth-order valence-electron chi connectivity index (χ4n) is 2.90. The van der Waals surface area contributed by atoms with E-state index in [9.17, 15) is 18.4 Å². The molecule has 7 nitrogen and oxygen atoms in total. The van der Waals surface area contributed by atoms with Crippen LogP contribution in [0.2, 0.25) is 0 Å². The maximum atomic E-state index is 13.8. The fraction of sp³-hybridized carbons (Fsp3) is 0.100. The summed E-state index contributed by atoms with van der Waals surface area (Å²) in [5.74, 6) is -1.53. The molecule has 2 aromatic heterocycles. The first-order valence-electron chi connectivity index (χ1n) is 8.72. The van der Waals surface area contributed by atoms with Crippen molar-refractivity contribution in [1.29, 1.82) is 0 Å². The summed E-state index contributed by atoms with van der Waals surface area (Å²) < 4.78 is 29.5. The Hall–Kier alpha value is -3.88. The van der Waals surface area contributed by atoms with Gasteiger partial charge in [0.05, 0.1) is 17.6 Å². The monoisotopic (exact) mass is 395 g/mol. The van der Waals surface area contributed by atoms with Gasteiger partial charge < -0.3 is 5.32 Å². The topological polar surface area (TPSA) is 81.8 Å². The summed E-state index contributed by atoms with van der Waals surface area (Å²) in [5.41, 5.74) is 0.367. The van der Waals surface area contributed by atoms with Gasteiger partial charge in [0.25, 0.3) is 5.56 Å². The van der Waals surface area contributed by atoms with Crippen LogP contribution < -0.4 is 10.9 Å². The van der Waals surface area contributed by atoms with Crippen LogP contribution in [0.5, 0.6) is 0 Å². The molecule has 9 heteroatoms. The van der Waals surface area contributed by atoms with E-state index in [4.69, 9.17) is 0 Å². The number of amides is 1. The van der Waals surface area contributed by atoms with Gasteiger partial charge in [-0.2, -0.15) is 5.10 Å². The van der Waals surface area contributed by atoms with Crippen LogP contribution in [0, 0.1) is 11.6 Å². The molecule has 1 atom stereocenters. The van der Waals surface area contributed by atoms with Crippen molar-refractivity contribution in [3.8, 4) is 5.69 Å². The molecular formula is C20H15F2N5O2. The van der Waals surface area contributed by atoms with Crippen molar-refractivity contribution in [3.63, 3.8) is 0 Å². The number of benzene rings is 2. The zero-order valence-electron chi connectivity index (χ0n) is 15.2. The number of carbonyl (C=O) groups is 1. The lowest BCUT2D eigenvalue weighted by molar-refractivity contribution is -0.118. The van der Waals surface area contributed by atoms with E-state index >= 15 is 0 Å². The van der Waals surface area contributed by atoms with E-state index < -0.39 is 29.1 Å². The van der Waals surface area contributed by atoms with Gasteiger partial charge in [0, 0.05) is 0 Å². The molecule has 4 aromatic rings. The number of nitrogens with zero attached hydrogens (tertiary/aromatic N) is 4. The highest BCUT2D eigenvalue weighted by Crippen LogP contribution is 2.17. The summed E-state index contributed by atoms with van der Waals surface area (Å²) in [4.78, 5) is 29.6. The minimum atomic E-state index is -0.937. The van der Waals surface area contributed by atoms with Crippen LogP contribution in [0.3, 0.4) is 0 Å². The van der Waals surface area contributed by atoms with Crippen molar-refractivity contribution in [3.05, 3.63) is 83.0 Å². The number of hydrogen-bond donors (Lipinski definition) is 1. The first kappa shape index (κ1) is 18.5. The zero-order chi connectivity index (χ0) is 20.5. The van der Waals surface area contributed by atoms with E-state index in [1.54, 1.807) is 6.07 Å². The number of nitrogens with one attached hydrogen (secondary N) is 1. The second kappa shape index (κ2) is 7.27. The lowest BCUT2D eigenvalue weighted by Crippen LogP contribution is -2.32. The number of para-hydroxylation sites is 1. The summed E-state index contributed by atoms with van der Waals surface area (Å²) in [6, 6.07) is 10.4. The maximum absolute atomic E-state index is 13.8. The number of fused-ring (bicyclic) bond motifs is 1. The Balaban J connectivity index is 1.67. The molecule has 2 heterocycles. The number of halogens is 2. The van der Waals surface area contributed by atoms with Crippen molar-refractivity contribution >= 4 is 22.6 Å². The van der Waals surface area contributed by atoms with Crippen LogP contribution in [0.25, 0.3) is 16.7 Å². The molecule has 0 bridgehead atoms. The van der Waals surface area contributed by atoms with E-state index in [0.29, 0.717) is 5.69 Å². The third-order valence-electron chi connectivity index (χ3n) is 4.51. The van der Waals surface area contributed by atoms with Crippen molar-refractivity contribution in [2.75, 3.05) is 5.32 Å². The van der Waals surface area contributed by atoms with Crippen LogP contribution in [0.15, 0.2) is 65.8 Å². The highest BCUT2D eigenvalue weighted by molar-refractivity contribution is 5.93. The molecule has 0 aliphatic rings. The molecule has 4 rings (SSSR count). The normalized spacial score (nSPS) is 12.1. The standard InChI is InChI=1S/C20H15F2N5O2/c1-12(19(28)25-17-5-3-2-4-16(17)22)26-11-23-18-15(20(26)29)10-24-27(18)14-8-6-13(21)7-9-14/h2-12H,1H3,(H,25,28)/t12-/m0/s1. The molecule has 0 fully saturated rings. The smallest absolute Gasteiger partial charge is 0.265 e. The second-order valence-corrected chi connectivity index (χ2v) is 6.37. The summed E-state index contributed by atoms with van der Waals surface area (Å²) >= 11 is 0. The highest BCUT2D eigenvalue weighted by atomic mass is 19.1. The molecule has 0 spiro atoms. The third kappa shape index (κ3) is 3.38. The minimum Gasteiger partial charge on any atom is -0.322 e. The average molecular weight is 395 g/mol. The van der Waals surface area contributed by atoms with Crippen LogP contribution in [-0.4, -0.2) is 25.2 Å². The maximum Gasteiger partial charge on any atom is 0.265 e. The van der Waals surface area contributed by atoms with E-state index in [0.717, 1.165) is 4.57 Å². The summed E-state index contributed by atoms with van der Waals surface area (Å²) in [6.07, 6.45) is 2.57. The van der Waals surface area contributed by atoms with E-state index in [-0.39, 0.29) is 16.7 Å². The largest absolute Gasteiger partial charge is 0.322 e. The lowest BCUT2D eigenvalue weighted by atomic mass is 10.2. The quantitative estimate of drug-likeness (QED) is 0.576. The van der Waals surface area contributed by atoms with Gasteiger partial charge in [-0.15, -0.1) is 0 Å². The second-order valence-electron chi connectivity index (χ2n) is 6.37. The highest BCUT2D eigenvalue weighted by Gasteiger charge is 2.20. The Morgan fingerprint density at radius 2 is 1.83 bits per heavy atom. The Kier molecular flexibility index (Phi) is 4.63. The zero-order valence-corrected chi connectivity index (χ0v) is 15.2.